The highest BCUT2D eigenvalue weighted by atomic mass is 35.5. The third-order valence-electron chi connectivity index (χ3n) is 2.56. The van der Waals surface area contributed by atoms with E-state index in [-0.39, 0.29) is 5.56 Å². The molecule has 3 nitrogen and oxygen atoms in total. The number of rotatable bonds is 2. The van der Waals surface area contributed by atoms with Crippen molar-refractivity contribution in [2.45, 2.75) is 13.5 Å². The van der Waals surface area contributed by atoms with Crippen LogP contribution in [0.3, 0.4) is 0 Å². The molecular formula is C13H13ClN2O. The first kappa shape index (κ1) is 11.7. The van der Waals surface area contributed by atoms with Crippen LogP contribution in [0.15, 0.2) is 41.3 Å². The van der Waals surface area contributed by atoms with Gasteiger partial charge in [-0.2, -0.15) is 0 Å². The zero-order valence-electron chi connectivity index (χ0n) is 9.48. The van der Waals surface area contributed by atoms with Gasteiger partial charge in [0.2, 0.25) is 0 Å². The Balaban J connectivity index is 2.38. The normalized spacial score (nSPS) is 10.5. The molecule has 0 saturated carbocycles. The van der Waals surface area contributed by atoms with Crippen molar-refractivity contribution in [2.24, 2.45) is 0 Å². The molecule has 0 amide bonds. The average molecular weight is 249 g/mol. The molecule has 0 aliphatic carbocycles. The first-order valence-corrected chi connectivity index (χ1v) is 5.65. The smallest absolute Gasteiger partial charge is 0.251 e. The Bertz CT molecular complexity index is 605. The van der Waals surface area contributed by atoms with E-state index in [0.29, 0.717) is 17.3 Å². The molecule has 0 aliphatic heterocycles. The second-order valence-electron chi connectivity index (χ2n) is 4.02. The zero-order valence-corrected chi connectivity index (χ0v) is 10.2. The number of pyridine rings is 1. The molecule has 0 atom stereocenters. The molecule has 0 radical (unpaired) electrons. The van der Waals surface area contributed by atoms with Crippen molar-refractivity contribution in [2.75, 3.05) is 5.73 Å². The minimum Gasteiger partial charge on any atom is -0.399 e. The lowest BCUT2D eigenvalue weighted by atomic mass is 10.2. The summed E-state index contributed by atoms with van der Waals surface area (Å²) in [5, 5.41) is 0.617. The summed E-state index contributed by atoms with van der Waals surface area (Å²) in [4.78, 5) is 11.7. The highest BCUT2D eigenvalue weighted by molar-refractivity contribution is 6.31. The minimum atomic E-state index is -0.0384. The Kier molecular flexibility index (Phi) is 3.20. The quantitative estimate of drug-likeness (QED) is 0.830. The molecule has 17 heavy (non-hydrogen) atoms. The number of aryl methyl sites for hydroxylation is 1. The van der Waals surface area contributed by atoms with E-state index in [4.69, 9.17) is 17.3 Å². The molecule has 2 N–H and O–H groups in total. The third-order valence-corrected chi connectivity index (χ3v) is 2.93. The van der Waals surface area contributed by atoms with E-state index in [0.717, 1.165) is 11.1 Å². The van der Waals surface area contributed by atoms with E-state index in [1.54, 1.807) is 35.0 Å². The number of aromatic nitrogens is 1. The first-order chi connectivity index (χ1) is 8.06. The van der Waals surface area contributed by atoms with Crippen molar-refractivity contribution < 1.29 is 0 Å². The first-order valence-electron chi connectivity index (χ1n) is 5.27. The molecule has 0 bridgehead atoms. The number of benzene rings is 1. The monoisotopic (exact) mass is 248 g/mol. The van der Waals surface area contributed by atoms with Gasteiger partial charge >= 0.3 is 0 Å². The van der Waals surface area contributed by atoms with Gasteiger partial charge in [-0.3, -0.25) is 4.79 Å². The number of nitrogen functional groups attached to an aromatic ring is 1. The van der Waals surface area contributed by atoms with Gasteiger partial charge in [0.15, 0.2) is 0 Å². The van der Waals surface area contributed by atoms with Crippen LogP contribution in [0, 0.1) is 6.92 Å². The van der Waals surface area contributed by atoms with Gasteiger partial charge in [-0.05, 0) is 42.3 Å². The summed E-state index contributed by atoms with van der Waals surface area (Å²) in [6, 6.07) is 8.76. The summed E-state index contributed by atoms with van der Waals surface area (Å²) in [6.07, 6.45) is 1.76. The Morgan fingerprint density at radius 3 is 2.76 bits per heavy atom. The Morgan fingerprint density at radius 1 is 1.29 bits per heavy atom. The highest BCUT2D eigenvalue weighted by Gasteiger charge is 2.03. The van der Waals surface area contributed by atoms with Gasteiger partial charge in [0.25, 0.3) is 5.56 Å². The summed E-state index contributed by atoms with van der Waals surface area (Å²) < 4.78 is 1.60. The number of halogens is 1. The molecule has 0 saturated heterocycles. The maximum Gasteiger partial charge on any atom is 0.251 e. The van der Waals surface area contributed by atoms with E-state index in [1.165, 1.54) is 0 Å². The molecule has 88 valence electrons. The molecular weight excluding hydrogens is 236 g/mol. The van der Waals surface area contributed by atoms with E-state index in [2.05, 4.69) is 0 Å². The number of nitrogens with two attached hydrogens (primary N) is 1. The fourth-order valence-electron chi connectivity index (χ4n) is 1.64. The van der Waals surface area contributed by atoms with Crippen LogP contribution in [-0.2, 0) is 6.54 Å². The third kappa shape index (κ3) is 2.68. The van der Waals surface area contributed by atoms with E-state index >= 15 is 0 Å². The van der Waals surface area contributed by atoms with E-state index < -0.39 is 0 Å². The molecule has 1 aromatic carbocycles. The zero-order chi connectivity index (χ0) is 12.4. The molecule has 2 aromatic rings. The maximum absolute atomic E-state index is 11.7. The van der Waals surface area contributed by atoms with Crippen molar-refractivity contribution in [1.29, 1.82) is 0 Å². The van der Waals surface area contributed by atoms with Crippen molar-refractivity contribution in [1.82, 2.24) is 4.57 Å². The van der Waals surface area contributed by atoms with Gasteiger partial charge in [0.1, 0.15) is 0 Å². The molecule has 2 rings (SSSR count). The Labute approximate surface area is 104 Å². The molecule has 0 fully saturated rings. The Morgan fingerprint density at radius 2 is 2.06 bits per heavy atom. The van der Waals surface area contributed by atoms with E-state index in [1.807, 2.05) is 13.0 Å². The van der Waals surface area contributed by atoms with Crippen LogP contribution in [0.2, 0.25) is 5.02 Å². The fourth-order valence-corrected chi connectivity index (χ4v) is 1.81. The predicted octanol–water partition coefficient (Wildman–Crippen LogP) is 2.44. The van der Waals surface area contributed by atoms with Crippen LogP contribution in [-0.4, -0.2) is 4.57 Å². The van der Waals surface area contributed by atoms with Crippen LogP contribution in [0.25, 0.3) is 0 Å². The SMILES string of the molecule is Cc1ccn(Cc2cc(N)ccc2Cl)c(=O)c1. The van der Waals surface area contributed by atoms with Gasteiger partial charge in [-0.1, -0.05) is 11.6 Å². The molecule has 1 heterocycles. The van der Waals surface area contributed by atoms with Crippen LogP contribution >= 0.6 is 11.6 Å². The second-order valence-corrected chi connectivity index (χ2v) is 4.43. The van der Waals surface area contributed by atoms with Crippen molar-refractivity contribution in [3.63, 3.8) is 0 Å². The summed E-state index contributed by atoms with van der Waals surface area (Å²) in [7, 11) is 0. The largest absolute Gasteiger partial charge is 0.399 e. The summed E-state index contributed by atoms with van der Waals surface area (Å²) in [5.74, 6) is 0. The lowest BCUT2D eigenvalue weighted by molar-refractivity contribution is 0.757. The standard InChI is InChI=1S/C13H13ClN2O/c1-9-4-5-16(13(17)6-9)8-10-7-11(15)2-3-12(10)14/h2-7H,8,15H2,1H3. The van der Waals surface area contributed by atoms with Crippen LogP contribution in [0.5, 0.6) is 0 Å². The topological polar surface area (TPSA) is 48.0 Å². The minimum absolute atomic E-state index is 0.0384. The van der Waals surface area contributed by atoms with Gasteiger partial charge in [0.05, 0.1) is 6.54 Å². The number of nitrogens with zero attached hydrogens (tertiary/aromatic N) is 1. The summed E-state index contributed by atoms with van der Waals surface area (Å²) in [6.45, 7) is 2.32. The second kappa shape index (κ2) is 4.63. The van der Waals surface area contributed by atoms with Crippen LogP contribution in [0.1, 0.15) is 11.1 Å². The lowest BCUT2D eigenvalue weighted by Gasteiger charge is -2.08. The molecule has 0 spiro atoms. The summed E-state index contributed by atoms with van der Waals surface area (Å²) in [5.41, 5.74) is 8.10. The van der Waals surface area contributed by atoms with Crippen LogP contribution in [0.4, 0.5) is 5.69 Å². The van der Waals surface area contributed by atoms with Gasteiger partial charge in [-0.25, -0.2) is 0 Å². The van der Waals surface area contributed by atoms with E-state index in [9.17, 15) is 4.79 Å². The van der Waals surface area contributed by atoms with Gasteiger partial charge in [0, 0.05) is 23.0 Å². The average Bonchev–Trinajstić information content (AvgIpc) is 2.27. The lowest BCUT2D eigenvalue weighted by Crippen LogP contribution is -2.19. The van der Waals surface area contributed by atoms with Crippen molar-refractivity contribution >= 4 is 17.3 Å². The summed E-state index contributed by atoms with van der Waals surface area (Å²) >= 11 is 6.06. The Hall–Kier alpha value is -1.74. The number of anilines is 1. The molecule has 4 heteroatoms. The molecule has 1 aromatic heterocycles. The number of hydrogen-bond donors (Lipinski definition) is 1. The van der Waals surface area contributed by atoms with Gasteiger partial charge < -0.3 is 10.3 Å². The van der Waals surface area contributed by atoms with Crippen LogP contribution < -0.4 is 11.3 Å². The number of hydrogen-bond acceptors (Lipinski definition) is 2. The molecule has 0 unspecified atom stereocenters. The fraction of sp³-hybridized carbons (Fsp3) is 0.154. The van der Waals surface area contributed by atoms with Crippen molar-refractivity contribution in [3.8, 4) is 0 Å². The predicted molar refractivity (Wildman–Crippen MR) is 70.4 cm³/mol. The van der Waals surface area contributed by atoms with Gasteiger partial charge in [-0.15, -0.1) is 0 Å². The highest BCUT2D eigenvalue weighted by Crippen LogP contribution is 2.19. The maximum atomic E-state index is 11.7. The van der Waals surface area contributed by atoms with Crippen molar-refractivity contribution in [3.05, 3.63) is 63.0 Å². The molecule has 0 aliphatic rings.